The van der Waals surface area contributed by atoms with Crippen molar-refractivity contribution in [3.8, 4) is 0 Å². The largest absolute Gasteiger partial charge is 0.349 e. The Morgan fingerprint density at radius 2 is 1.63 bits per heavy atom. The molecule has 4 saturated carbocycles. The van der Waals surface area contributed by atoms with Crippen molar-refractivity contribution in [1.82, 2.24) is 15.4 Å². The zero-order chi connectivity index (χ0) is 23.9. The van der Waals surface area contributed by atoms with Crippen molar-refractivity contribution < 1.29 is 14.8 Å². The molecule has 3 N–H and O–H groups in total. The quantitative estimate of drug-likeness (QED) is 0.276. The molecule has 4 aliphatic rings. The topological polar surface area (TPSA) is 83.4 Å². The summed E-state index contributed by atoms with van der Waals surface area (Å²) < 4.78 is 2.14. The van der Waals surface area contributed by atoms with Gasteiger partial charge in [0.05, 0.1) is 5.56 Å². The van der Waals surface area contributed by atoms with Gasteiger partial charge in [-0.15, -0.1) is 0 Å². The molecule has 7 rings (SSSR count). The van der Waals surface area contributed by atoms with Crippen molar-refractivity contribution >= 4 is 28.8 Å². The number of hydrogen-bond acceptors (Lipinski definition) is 3. The fourth-order valence-corrected chi connectivity index (χ4v) is 7.09. The lowest BCUT2D eigenvalue weighted by molar-refractivity contribution is -0.124. The fourth-order valence-electron chi connectivity index (χ4n) is 7.09. The number of nitrogens with zero attached hydrogens (tertiary/aromatic N) is 1. The highest BCUT2D eigenvalue weighted by molar-refractivity contribution is 6.07. The number of amides is 2. The Hall–Kier alpha value is -3.38. The minimum Gasteiger partial charge on any atom is -0.349 e. The highest BCUT2D eigenvalue weighted by Crippen LogP contribution is 2.53. The van der Waals surface area contributed by atoms with E-state index in [-0.39, 0.29) is 5.91 Å². The highest BCUT2D eigenvalue weighted by atomic mass is 16.5. The summed E-state index contributed by atoms with van der Waals surface area (Å²) >= 11 is 0. The van der Waals surface area contributed by atoms with Gasteiger partial charge >= 0.3 is 0 Å². The summed E-state index contributed by atoms with van der Waals surface area (Å²) in [5.41, 5.74) is 5.35. The van der Waals surface area contributed by atoms with E-state index in [2.05, 4.69) is 16.0 Å². The van der Waals surface area contributed by atoms with Crippen LogP contribution in [0.4, 0.5) is 0 Å². The third-order valence-corrected chi connectivity index (χ3v) is 8.43. The smallest absolute Gasteiger partial charge is 0.267 e. The van der Waals surface area contributed by atoms with Crippen LogP contribution in [0.1, 0.15) is 53.6 Å². The van der Waals surface area contributed by atoms with Crippen LogP contribution in [-0.4, -0.2) is 27.6 Å². The molecular formula is C29H31N3O3. The summed E-state index contributed by atoms with van der Waals surface area (Å²) in [4.78, 5) is 24.7. The molecule has 0 atom stereocenters. The molecule has 1 aromatic heterocycles. The number of para-hydroxylation sites is 1. The molecule has 6 heteroatoms. The Labute approximate surface area is 205 Å². The van der Waals surface area contributed by atoms with Gasteiger partial charge < -0.3 is 9.88 Å². The molecule has 6 nitrogen and oxygen atoms in total. The molecular weight excluding hydrogens is 438 g/mol. The first-order valence-electron chi connectivity index (χ1n) is 12.7. The van der Waals surface area contributed by atoms with Gasteiger partial charge in [-0.1, -0.05) is 42.5 Å². The van der Waals surface area contributed by atoms with Crippen LogP contribution in [0.25, 0.3) is 17.0 Å². The van der Waals surface area contributed by atoms with Crippen LogP contribution < -0.4 is 10.8 Å². The molecule has 4 fully saturated rings. The lowest BCUT2D eigenvalue weighted by Gasteiger charge is -2.54. The lowest BCUT2D eigenvalue weighted by atomic mass is 9.54. The van der Waals surface area contributed by atoms with E-state index < -0.39 is 5.91 Å². The highest BCUT2D eigenvalue weighted by Gasteiger charge is 2.48. The molecule has 1 heterocycles. The Bertz CT molecular complexity index is 1260. The predicted octanol–water partition coefficient (Wildman–Crippen LogP) is 4.76. The standard InChI is InChI=1S/C29H31N3O3/c33-27(31-35)10-9-18-5-7-19(8-6-18)16-32-17-25(24-3-1-2-4-26(24)32)29(34)30-28-22-12-20-11-21(14-22)15-23(28)13-20/h1-10,17,20-23,28,35H,11-16H2,(H,30,34)(H,31,33)/b10-9+. The number of fused-ring (bicyclic) bond motifs is 1. The maximum atomic E-state index is 13.5. The van der Waals surface area contributed by atoms with Crippen LogP contribution >= 0.6 is 0 Å². The lowest BCUT2D eigenvalue weighted by Crippen LogP contribution is -2.55. The number of hydroxylamine groups is 1. The van der Waals surface area contributed by atoms with Crippen LogP contribution in [0.15, 0.2) is 60.8 Å². The van der Waals surface area contributed by atoms with Crippen LogP contribution in [0.3, 0.4) is 0 Å². The molecule has 0 aliphatic heterocycles. The molecule has 0 radical (unpaired) electrons. The first-order chi connectivity index (χ1) is 17.1. The van der Waals surface area contributed by atoms with E-state index in [1.807, 2.05) is 48.7 Å². The summed E-state index contributed by atoms with van der Waals surface area (Å²) in [6, 6.07) is 16.3. The third-order valence-electron chi connectivity index (χ3n) is 8.43. The zero-order valence-electron chi connectivity index (χ0n) is 19.7. The number of rotatable bonds is 6. The first kappa shape index (κ1) is 22.1. The van der Waals surface area contributed by atoms with Crippen molar-refractivity contribution in [2.45, 2.75) is 44.7 Å². The van der Waals surface area contributed by atoms with Gasteiger partial charge in [0.2, 0.25) is 0 Å². The van der Waals surface area contributed by atoms with E-state index in [1.165, 1.54) is 38.2 Å². The Morgan fingerprint density at radius 1 is 0.943 bits per heavy atom. The number of carbonyl (C=O) groups is 2. The second-order valence-corrected chi connectivity index (χ2v) is 10.7. The van der Waals surface area contributed by atoms with Crippen molar-refractivity contribution in [3.05, 3.63) is 77.5 Å². The fraction of sp³-hybridized carbons (Fsp3) is 0.379. The van der Waals surface area contributed by atoms with Gasteiger partial charge in [-0.3, -0.25) is 14.8 Å². The molecule has 2 amide bonds. The maximum Gasteiger partial charge on any atom is 0.267 e. The van der Waals surface area contributed by atoms with Gasteiger partial charge in [0.15, 0.2) is 0 Å². The Morgan fingerprint density at radius 3 is 2.31 bits per heavy atom. The monoisotopic (exact) mass is 469 g/mol. The first-order valence-corrected chi connectivity index (χ1v) is 12.7. The molecule has 3 aromatic rings. The second-order valence-electron chi connectivity index (χ2n) is 10.7. The third kappa shape index (κ3) is 4.27. The van der Waals surface area contributed by atoms with Gasteiger partial charge in [-0.05, 0) is 79.0 Å². The zero-order valence-corrected chi connectivity index (χ0v) is 19.7. The maximum absolute atomic E-state index is 13.5. The molecule has 35 heavy (non-hydrogen) atoms. The summed E-state index contributed by atoms with van der Waals surface area (Å²) in [6.07, 6.45) is 11.5. The van der Waals surface area contributed by atoms with E-state index in [4.69, 9.17) is 5.21 Å². The summed E-state index contributed by atoms with van der Waals surface area (Å²) in [6.45, 7) is 0.646. The molecule has 0 spiro atoms. The number of aromatic nitrogens is 1. The van der Waals surface area contributed by atoms with E-state index in [9.17, 15) is 9.59 Å². The minimum atomic E-state index is -0.563. The van der Waals surface area contributed by atoms with Crippen LogP contribution in [0.2, 0.25) is 0 Å². The molecule has 180 valence electrons. The van der Waals surface area contributed by atoms with E-state index in [1.54, 1.807) is 11.6 Å². The average molecular weight is 470 g/mol. The molecule has 4 bridgehead atoms. The van der Waals surface area contributed by atoms with Crippen LogP contribution in [0.5, 0.6) is 0 Å². The Balaban J connectivity index is 1.21. The number of hydrogen-bond donors (Lipinski definition) is 3. The van der Waals surface area contributed by atoms with E-state index >= 15 is 0 Å². The van der Waals surface area contributed by atoms with Crippen molar-refractivity contribution in [2.75, 3.05) is 0 Å². The molecule has 4 aliphatic carbocycles. The van der Waals surface area contributed by atoms with Gasteiger partial charge in [0.1, 0.15) is 0 Å². The number of carbonyl (C=O) groups excluding carboxylic acids is 2. The van der Waals surface area contributed by atoms with E-state index in [0.29, 0.717) is 24.4 Å². The van der Waals surface area contributed by atoms with Crippen molar-refractivity contribution in [3.63, 3.8) is 0 Å². The van der Waals surface area contributed by atoms with Gasteiger partial charge in [-0.25, -0.2) is 5.48 Å². The number of benzene rings is 2. The molecule has 2 aromatic carbocycles. The minimum absolute atomic E-state index is 0.0556. The average Bonchev–Trinajstić information content (AvgIpc) is 3.23. The summed E-state index contributed by atoms with van der Waals surface area (Å²) in [5.74, 6) is 2.58. The van der Waals surface area contributed by atoms with Crippen LogP contribution in [-0.2, 0) is 11.3 Å². The van der Waals surface area contributed by atoms with Crippen molar-refractivity contribution in [2.24, 2.45) is 23.7 Å². The summed E-state index contributed by atoms with van der Waals surface area (Å²) in [7, 11) is 0. The molecule has 0 unspecified atom stereocenters. The molecule has 0 saturated heterocycles. The van der Waals surface area contributed by atoms with E-state index in [0.717, 1.165) is 39.4 Å². The van der Waals surface area contributed by atoms with Crippen molar-refractivity contribution in [1.29, 1.82) is 0 Å². The SMILES string of the molecule is O=C(/C=C/c1ccc(Cn2cc(C(=O)NC3C4CC5CC(C4)CC3C5)c3ccccc32)cc1)NO. The normalized spacial score (nSPS) is 26.9. The van der Waals surface area contributed by atoms with Gasteiger partial charge in [-0.2, -0.15) is 0 Å². The second kappa shape index (κ2) is 9.00. The Kier molecular flexibility index (Phi) is 5.69. The summed E-state index contributed by atoms with van der Waals surface area (Å²) in [5, 5.41) is 13.1. The number of nitrogens with one attached hydrogen (secondary N) is 2. The predicted molar refractivity (Wildman–Crippen MR) is 135 cm³/mol. The van der Waals surface area contributed by atoms with Gasteiger partial charge in [0, 0.05) is 35.8 Å². The van der Waals surface area contributed by atoms with Gasteiger partial charge in [0.25, 0.3) is 11.8 Å². The van der Waals surface area contributed by atoms with Crippen LogP contribution in [0, 0.1) is 23.7 Å².